The molecule has 28 heavy (non-hydrogen) atoms. The van der Waals surface area contributed by atoms with Gasteiger partial charge < -0.3 is 18.9 Å². The van der Waals surface area contributed by atoms with Gasteiger partial charge in [0.25, 0.3) is 0 Å². The highest BCUT2D eigenvalue weighted by Crippen LogP contribution is 2.48. The molecule has 6 heteroatoms. The molecule has 0 aliphatic carbocycles. The van der Waals surface area contributed by atoms with Crippen molar-refractivity contribution >= 4 is 11.9 Å². The minimum atomic E-state index is -1.06. The van der Waals surface area contributed by atoms with Crippen molar-refractivity contribution in [3.05, 3.63) is 71.8 Å². The predicted molar refractivity (Wildman–Crippen MR) is 99.3 cm³/mol. The van der Waals surface area contributed by atoms with E-state index < -0.39 is 23.1 Å². The van der Waals surface area contributed by atoms with Crippen LogP contribution in [0.15, 0.2) is 60.7 Å². The Kier molecular flexibility index (Phi) is 4.69. The standard InChI is InChI=1S/C22H22O6/c1-15-21(27-15,17-9-5-3-6-10-17)19(23)25-13-14-26-20(24)22(16(2)28-22)18-11-7-4-8-12-18/h3-12,15-16H,13-14H2,1-2H3. The van der Waals surface area contributed by atoms with Crippen LogP contribution < -0.4 is 0 Å². The first-order chi connectivity index (χ1) is 13.5. The summed E-state index contributed by atoms with van der Waals surface area (Å²) in [4.78, 5) is 25.1. The number of benzene rings is 2. The molecule has 4 atom stereocenters. The minimum absolute atomic E-state index is 0.0471. The van der Waals surface area contributed by atoms with Gasteiger partial charge in [-0.15, -0.1) is 0 Å². The van der Waals surface area contributed by atoms with Gasteiger partial charge in [-0.25, -0.2) is 9.59 Å². The molecule has 0 saturated carbocycles. The molecule has 0 aromatic heterocycles. The molecule has 2 aromatic carbocycles. The van der Waals surface area contributed by atoms with Gasteiger partial charge in [0.1, 0.15) is 25.4 Å². The van der Waals surface area contributed by atoms with Crippen LogP contribution in [0.1, 0.15) is 25.0 Å². The zero-order valence-electron chi connectivity index (χ0n) is 15.8. The molecule has 0 amide bonds. The lowest BCUT2D eigenvalue weighted by Crippen LogP contribution is -2.30. The summed E-state index contributed by atoms with van der Waals surface area (Å²) in [6, 6.07) is 18.5. The summed E-state index contributed by atoms with van der Waals surface area (Å²) in [6.07, 6.45) is -0.515. The van der Waals surface area contributed by atoms with Crippen LogP contribution in [0.5, 0.6) is 0 Å². The maximum absolute atomic E-state index is 12.6. The van der Waals surface area contributed by atoms with E-state index in [1.807, 2.05) is 74.5 Å². The molecule has 2 fully saturated rings. The van der Waals surface area contributed by atoms with Crippen LogP contribution in [0, 0.1) is 0 Å². The summed E-state index contributed by atoms with van der Waals surface area (Å²) < 4.78 is 21.8. The van der Waals surface area contributed by atoms with Gasteiger partial charge in [-0.05, 0) is 25.0 Å². The number of hydrogen-bond acceptors (Lipinski definition) is 6. The van der Waals surface area contributed by atoms with E-state index >= 15 is 0 Å². The third-order valence-electron chi connectivity index (χ3n) is 5.32. The lowest BCUT2D eigenvalue weighted by Gasteiger charge is -2.15. The molecule has 0 N–H and O–H groups in total. The van der Waals surface area contributed by atoms with E-state index in [0.717, 1.165) is 11.1 Å². The fraction of sp³-hybridized carbons (Fsp3) is 0.364. The van der Waals surface area contributed by atoms with Gasteiger partial charge in [0.2, 0.25) is 11.2 Å². The highest BCUT2D eigenvalue weighted by Gasteiger charge is 2.63. The smallest absolute Gasteiger partial charge is 0.346 e. The molecular weight excluding hydrogens is 360 g/mol. The zero-order chi connectivity index (χ0) is 19.8. The molecule has 0 radical (unpaired) electrons. The fourth-order valence-corrected chi connectivity index (χ4v) is 3.61. The minimum Gasteiger partial charge on any atom is -0.460 e. The number of rotatable bonds is 7. The Hall–Kier alpha value is -2.70. The Labute approximate surface area is 163 Å². The molecule has 146 valence electrons. The maximum Gasteiger partial charge on any atom is 0.346 e. The number of ether oxygens (including phenoxy) is 4. The van der Waals surface area contributed by atoms with E-state index in [9.17, 15) is 9.59 Å². The van der Waals surface area contributed by atoms with Gasteiger partial charge in [0, 0.05) is 0 Å². The third-order valence-corrected chi connectivity index (χ3v) is 5.32. The molecule has 4 unspecified atom stereocenters. The molecule has 6 nitrogen and oxygen atoms in total. The lowest BCUT2D eigenvalue weighted by atomic mass is 9.96. The number of hydrogen-bond donors (Lipinski definition) is 0. The Morgan fingerprint density at radius 2 is 1.07 bits per heavy atom. The highest BCUT2D eigenvalue weighted by atomic mass is 16.7. The Morgan fingerprint density at radius 3 is 1.36 bits per heavy atom. The summed E-state index contributed by atoms with van der Waals surface area (Å²) in [7, 11) is 0. The summed E-state index contributed by atoms with van der Waals surface area (Å²) in [6.45, 7) is 3.55. The number of esters is 2. The first kappa shape index (κ1) is 18.7. The Balaban J connectivity index is 1.32. The Morgan fingerprint density at radius 1 is 0.750 bits per heavy atom. The SMILES string of the molecule is CC1OC1(C(=O)OCCOC(=O)C1(c2ccccc2)OC1C)c1ccccc1. The Bertz CT molecular complexity index is 794. The summed E-state index contributed by atoms with van der Waals surface area (Å²) >= 11 is 0. The van der Waals surface area contributed by atoms with Crippen molar-refractivity contribution in [1.82, 2.24) is 0 Å². The fourth-order valence-electron chi connectivity index (χ4n) is 3.61. The van der Waals surface area contributed by atoms with E-state index in [2.05, 4.69) is 0 Å². The van der Waals surface area contributed by atoms with Crippen molar-refractivity contribution in [2.75, 3.05) is 13.2 Å². The van der Waals surface area contributed by atoms with Crippen LogP contribution in [-0.4, -0.2) is 37.4 Å². The second kappa shape index (κ2) is 7.04. The summed E-state index contributed by atoms with van der Waals surface area (Å²) in [5, 5.41) is 0. The molecule has 4 rings (SSSR count). The largest absolute Gasteiger partial charge is 0.460 e. The van der Waals surface area contributed by atoms with E-state index in [1.165, 1.54) is 0 Å². The average molecular weight is 382 g/mol. The molecule has 2 aromatic rings. The molecule has 2 aliphatic rings. The molecule has 2 aliphatic heterocycles. The van der Waals surface area contributed by atoms with Gasteiger partial charge in [-0.3, -0.25) is 0 Å². The molecule has 2 saturated heterocycles. The topological polar surface area (TPSA) is 77.7 Å². The second-order valence-electron chi connectivity index (χ2n) is 7.00. The van der Waals surface area contributed by atoms with Crippen molar-refractivity contribution in [2.45, 2.75) is 37.3 Å². The van der Waals surface area contributed by atoms with Crippen LogP contribution in [0.2, 0.25) is 0 Å². The first-order valence-corrected chi connectivity index (χ1v) is 9.33. The van der Waals surface area contributed by atoms with Crippen molar-refractivity contribution in [1.29, 1.82) is 0 Å². The van der Waals surface area contributed by atoms with Crippen molar-refractivity contribution in [3.8, 4) is 0 Å². The highest BCUT2D eigenvalue weighted by molar-refractivity contribution is 5.86. The lowest BCUT2D eigenvalue weighted by molar-refractivity contribution is -0.159. The van der Waals surface area contributed by atoms with Crippen LogP contribution in [0.4, 0.5) is 0 Å². The first-order valence-electron chi connectivity index (χ1n) is 9.33. The van der Waals surface area contributed by atoms with Crippen LogP contribution in [-0.2, 0) is 39.7 Å². The average Bonchev–Trinajstić information content (AvgIpc) is 3.61. The predicted octanol–water partition coefficient (Wildman–Crippen LogP) is 2.70. The van der Waals surface area contributed by atoms with Gasteiger partial charge in [-0.2, -0.15) is 0 Å². The van der Waals surface area contributed by atoms with E-state index in [0.29, 0.717) is 0 Å². The van der Waals surface area contributed by atoms with Crippen LogP contribution >= 0.6 is 0 Å². The van der Waals surface area contributed by atoms with Crippen LogP contribution in [0.25, 0.3) is 0 Å². The number of carbonyl (C=O) groups excluding carboxylic acids is 2. The monoisotopic (exact) mass is 382 g/mol. The van der Waals surface area contributed by atoms with Crippen molar-refractivity contribution in [2.24, 2.45) is 0 Å². The van der Waals surface area contributed by atoms with Crippen molar-refractivity contribution < 1.29 is 28.5 Å². The molecule has 0 spiro atoms. The van der Waals surface area contributed by atoms with E-state index in [4.69, 9.17) is 18.9 Å². The summed E-state index contributed by atoms with van der Waals surface area (Å²) in [5.74, 6) is -0.952. The van der Waals surface area contributed by atoms with Gasteiger partial charge in [0.15, 0.2) is 0 Å². The number of epoxide rings is 2. The molecular formula is C22H22O6. The normalized spacial score (nSPS) is 30.4. The second-order valence-corrected chi connectivity index (χ2v) is 7.00. The van der Waals surface area contributed by atoms with Gasteiger partial charge >= 0.3 is 11.9 Å². The van der Waals surface area contributed by atoms with Crippen LogP contribution in [0.3, 0.4) is 0 Å². The van der Waals surface area contributed by atoms with Gasteiger partial charge in [-0.1, -0.05) is 60.7 Å². The zero-order valence-corrected chi connectivity index (χ0v) is 15.8. The maximum atomic E-state index is 12.6. The summed E-state index contributed by atoms with van der Waals surface area (Å²) in [5.41, 5.74) is -0.615. The van der Waals surface area contributed by atoms with Crippen molar-refractivity contribution in [3.63, 3.8) is 0 Å². The third kappa shape index (κ3) is 2.99. The quantitative estimate of drug-likeness (QED) is 0.416. The van der Waals surface area contributed by atoms with E-state index in [1.54, 1.807) is 0 Å². The van der Waals surface area contributed by atoms with E-state index in [-0.39, 0.29) is 25.4 Å². The molecule has 0 bridgehead atoms. The number of carbonyl (C=O) groups is 2. The molecule has 2 heterocycles. The van der Waals surface area contributed by atoms with Gasteiger partial charge in [0.05, 0.1) is 0 Å².